The second-order valence-corrected chi connectivity index (χ2v) is 6.66. The molecule has 1 aliphatic rings. The SMILES string of the molecule is O=S(=O)(Nc1ccc2c(c1)OCO2)c1cccc(Cl)c1Cl. The van der Waals surface area contributed by atoms with E-state index in [0.29, 0.717) is 17.2 Å². The van der Waals surface area contributed by atoms with Gasteiger partial charge < -0.3 is 9.47 Å². The summed E-state index contributed by atoms with van der Waals surface area (Å²) in [5.41, 5.74) is 0.343. The van der Waals surface area contributed by atoms with Gasteiger partial charge in [-0.2, -0.15) is 0 Å². The number of fused-ring (bicyclic) bond motifs is 1. The van der Waals surface area contributed by atoms with E-state index in [4.69, 9.17) is 32.7 Å². The first-order chi connectivity index (χ1) is 9.97. The number of benzene rings is 2. The second kappa shape index (κ2) is 5.29. The summed E-state index contributed by atoms with van der Waals surface area (Å²) in [6.45, 7) is 0.117. The minimum Gasteiger partial charge on any atom is -0.454 e. The number of halogens is 2. The first-order valence-electron chi connectivity index (χ1n) is 5.84. The number of ether oxygens (including phenoxy) is 2. The van der Waals surface area contributed by atoms with Crippen LogP contribution in [0.25, 0.3) is 0 Å². The molecule has 0 saturated carbocycles. The van der Waals surface area contributed by atoms with Gasteiger partial charge in [0.15, 0.2) is 11.5 Å². The minimum absolute atomic E-state index is 0.0209. The fraction of sp³-hybridized carbons (Fsp3) is 0.0769. The molecule has 1 heterocycles. The first kappa shape index (κ1) is 14.3. The fourth-order valence-corrected chi connectivity index (χ4v) is 3.67. The summed E-state index contributed by atoms with van der Waals surface area (Å²) in [5.74, 6) is 1.05. The van der Waals surface area contributed by atoms with Crippen LogP contribution >= 0.6 is 23.2 Å². The van der Waals surface area contributed by atoms with Crippen LogP contribution in [-0.2, 0) is 10.0 Å². The van der Waals surface area contributed by atoms with Gasteiger partial charge in [0.2, 0.25) is 6.79 Å². The Bertz CT molecular complexity index is 808. The molecule has 0 spiro atoms. The number of sulfonamides is 1. The highest BCUT2D eigenvalue weighted by Gasteiger charge is 2.21. The molecule has 0 fully saturated rings. The maximum absolute atomic E-state index is 12.3. The minimum atomic E-state index is -3.85. The van der Waals surface area contributed by atoms with Crippen LogP contribution in [0.1, 0.15) is 0 Å². The summed E-state index contributed by atoms with van der Waals surface area (Å²) < 4.78 is 37.5. The fourth-order valence-electron chi connectivity index (χ4n) is 1.86. The molecule has 0 aromatic heterocycles. The molecule has 0 unspecified atom stereocenters. The Labute approximate surface area is 131 Å². The van der Waals surface area contributed by atoms with Crippen LogP contribution in [0, 0.1) is 0 Å². The summed E-state index contributed by atoms with van der Waals surface area (Å²) in [6, 6.07) is 9.15. The summed E-state index contributed by atoms with van der Waals surface area (Å²) in [7, 11) is -3.85. The maximum atomic E-state index is 12.3. The van der Waals surface area contributed by atoms with Gasteiger partial charge in [0.05, 0.1) is 15.7 Å². The molecule has 2 aromatic carbocycles. The van der Waals surface area contributed by atoms with Crippen LogP contribution in [0.15, 0.2) is 41.3 Å². The van der Waals surface area contributed by atoms with Crippen molar-refractivity contribution in [1.82, 2.24) is 0 Å². The third kappa shape index (κ3) is 2.74. The van der Waals surface area contributed by atoms with E-state index < -0.39 is 10.0 Å². The molecule has 21 heavy (non-hydrogen) atoms. The highest BCUT2D eigenvalue weighted by molar-refractivity contribution is 7.92. The van der Waals surface area contributed by atoms with Crippen molar-refractivity contribution in [2.24, 2.45) is 0 Å². The van der Waals surface area contributed by atoms with Gasteiger partial charge in [0.25, 0.3) is 10.0 Å². The molecule has 0 atom stereocenters. The number of nitrogens with one attached hydrogen (secondary N) is 1. The van der Waals surface area contributed by atoms with Crippen LogP contribution in [0.5, 0.6) is 11.5 Å². The lowest BCUT2D eigenvalue weighted by Crippen LogP contribution is -2.13. The molecule has 5 nitrogen and oxygen atoms in total. The standard InChI is InChI=1S/C13H9Cl2NO4S/c14-9-2-1-3-12(13(9)15)21(17,18)16-8-4-5-10-11(6-8)20-7-19-10/h1-6,16H,7H2. The van der Waals surface area contributed by atoms with Crippen molar-refractivity contribution < 1.29 is 17.9 Å². The molecule has 8 heteroatoms. The normalized spacial score (nSPS) is 13.2. The van der Waals surface area contributed by atoms with Crippen molar-refractivity contribution >= 4 is 38.9 Å². The molecule has 0 bridgehead atoms. The summed E-state index contributed by atoms with van der Waals surface area (Å²) in [4.78, 5) is -0.0886. The molecule has 110 valence electrons. The molecule has 0 amide bonds. The van der Waals surface area contributed by atoms with E-state index in [9.17, 15) is 8.42 Å². The number of hydrogen-bond donors (Lipinski definition) is 1. The van der Waals surface area contributed by atoms with Crippen LogP contribution in [-0.4, -0.2) is 15.2 Å². The van der Waals surface area contributed by atoms with Crippen molar-refractivity contribution in [3.8, 4) is 11.5 Å². The zero-order valence-corrected chi connectivity index (χ0v) is 12.8. The lowest BCUT2D eigenvalue weighted by molar-refractivity contribution is 0.174. The Balaban J connectivity index is 1.95. The first-order valence-corrected chi connectivity index (χ1v) is 8.08. The van der Waals surface area contributed by atoms with Gasteiger partial charge in [0.1, 0.15) is 4.90 Å². The average molecular weight is 346 g/mol. The largest absolute Gasteiger partial charge is 0.454 e. The molecule has 1 aliphatic heterocycles. The Kier molecular flexibility index (Phi) is 3.61. The molecular weight excluding hydrogens is 337 g/mol. The van der Waals surface area contributed by atoms with Gasteiger partial charge in [-0.3, -0.25) is 4.72 Å². The third-order valence-electron chi connectivity index (χ3n) is 2.83. The molecule has 3 rings (SSSR count). The zero-order valence-electron chi connectivity index (χ0n) is 10.5. The van der Waals surface area contributed by atoms with Crippen LogP contribution < -0.4 is 14.2 Å². The zero-order chi connectivity index (χ0) is 15.0. The topological polar surface area (TPSA) is 64.6 Å². The monoisotopic (exact) mass is 345 g/mol. The van der Waals surface area contributed by atoms with Gasteiger partial charge in [-0.1, -0.05) is 29.3 Å². The number of hydrogen-bond acceptors (Lipinski definition) is 4. The molecule has 0 saturated heterocycles. The average Bonchev–Trinajstić information content (AvgIpc) is 2.88. The van der Waals surface area contributed by atoms with E-state index in [1.54, 1.807) is 18.2 Å². The van der Waals surface area contributed by atoms with Crippen molar-refractivity contribution in [1.29, 1.82) is 0 Å². The number of rotatable bonds is 3. The van der Waals surface area contributed by atoms with E-state index in [1.165, 1.54) is 18.2 Å². The van der Waals surface area contributed by atoms with Gasteiger partial charge in [-0.15, -0.1) is 0 Å². The highest BCUT2D eigenvalue weighted by Crippen LogP contribution is 2.35. The van der Waals surface area contributed by atoms with Gasteiger partial charge in [-0.25, -0.2) is 8.42 Å². The van der Waals surface area contributed by atoms with Crippen LogP contribution in [0.3, 0.4) is 0 Å². The predicted octanol–water partition coefficient (Wildman–Crippen LogP) is 3.52. The Morgan fingerprint density at radius 3 is 2.62 bits per heavy atom. The van der Waals surface area contributed by atoms with Gasteiger partial charge in [-0.05, 0) is 24.3 Å². The molecule has 2 aromatic rings. The predicted molar refractivity (Wildman–Crippen MR) is 79.8 cm³/mol. The maximum Gasteiger partial charge on any atom is 0.263 e. The second-order valence-electron chi connectivity index (χ2n) is 4.23. The smallest absolute Gasteiger partial charge is 0.263 e. The highest BCUT2D eigenvalue weighted by atomic mass is 35.5. The number of anilines is 1. The quantitative estimate of drug-likeness (QED) is 0.924. The van der Waals surface area contributed by atoms with E-state index in [1.807, 2.05) is 0 Å². The molecular formula is C13H9Cl2NO4S. The van der Waals surface area contributed by atoms with Crippen molar-refractivity contribution in [2.45, 2.75) is 4.90 Å². The van der Waals surface area contributed by atoms with Crippen LogP contribution in [0.4, 0.5) is 5.69 Å². The van der Waals surface area contributed by atoms with Crippen molar-refractivity contribution in [2.75, 3.05) is 11.5 Å². The van der Waals surface area contributed by atoms with E-state index in [0.717, 1.165) is 0 Å². The molecule has 1 N–H and O–H groups in total. The van der Waals surface area contributed by atoms with E-state index in [-0.39, 0.29) is 21.7 Å². The Morgan fingerprint density at radius 1 is 1.05 bits per heavy atom. The molecule has 0 aliphatic carbocycles. The Hall–Kier alpha value is -1.63. The van der Waals surface area contributed by atoms with Gasteiger partial charge in [0, 0.05) is 6.07 Å². The van der Waals surface area contributed by atoms with Crippen molar-refractivity contribution in [3.05, 3.63) is 46.4 Å². The van der Waals surface area contributed by atoms with E-state index >= 15 is 0 Å². The van der Waals surface area contributed by atoms with E-state index in [2.05, 4.69) is 4.72 Å². The molecule has 0 radical (unpaired) electrons. The van der Waals surface area contributed by atoms with Crippen LogP contribution in [0.2, 0.25) is 10.0 Å². The summed E-state index contributed by atoms with van der Waals surface area (Å²) >= 11 is 11.8. The summed E-state index contributed by atoms with van der Waals surface area (Å²) in [6.07, 6.45) is 0. The third-order valence-corrected chi connectivity index (χ3v) is 5.19. The lowest BCUT2D eigenvalue weighted by Gasteiger charge is -2.10. The Morgan fingerprint density at radius 2 is 1.81 bits per heavy atom. The lowest BCUT2D eigenvalue weighted by atomic mass is 10.3. The van der Waals surface area contributed by atoms with Gasteiger partial charge >= 0.3 is 0 Å². The summed E-state index contributed by atoms with van der Waals surface area (Å²) in [5, 5.41) is 0.151. The van der Waals surface area contributed by atoms with Crippen molar-refractivity contribution in [3.63, 3.8) is 0 Å².